The molecule has 2 heterocycles. The molecule has 1 aliphatic rings. The van der Waals surface area contributed by atoms with Crippen molar-refractivity contribution in [2.45, 2.75) is 19.1 Å². The van der Waals surface area contributed by atoms with Crippen molar-refractivity contribution in [1.82, 2.24) is 4.90 Å². The molecule has 0 spiro atoms. The Morgan fingerprint density at radius 1 is 1.38 bits per heavy atom. The summed E-state index contributed by atoms with van der Waals surface area (Å²) in [5.74, 6) is -0.968. The molecular weight excluding hydrogens is 314 g/mol. The van der Waals surface area contributed by atoms with Crippen molar-refractivity contribution < 1.29 is 28.6 Å². The van der Waals surface area contributed by atoms with Crippen LogP contribution in [0.25, 0.3) is 11.0 Å². The highest BCUT2D eigenvalue weighted by Gasteiger charge is 2.30. The first-order valence-corrected chi connectivity index (χ1v) is 7.72. The monoisotopic (exact) mass is 333 g/mol. The molecule has 7 heteroatoms. The SMILES string of the molecule is COCc1c(C(=O)N2CCOC(CC(=O)O)C2)oc2ccccc12. The molecular formula is C17H19NO6. The van der Waals surface area contributed by atoms with Crippen LogP contribution in [0.4, 0.5) is 0 Å². The van der Waals surface area contributed by atoms with Gasteiger partial charge in [0, 0.05) is 31.1 Å². The van der Waals surface area contributed by atoms with E-state index in [1.807, 2.05) is 18.2 Å². The van der Waals surface area contributed by atoms with Gasteiger partial charge in [-0.05, 0) is 6.07 Å². The highest BCUT2D eigenvalue weighted by atomic mass is 16.5. The number of morpholine rings is 1. The van der Waals surface area contributed by atoms with E-state index in [-0.39, 0.29) is 31.2 Å². The number of benzene rings is 1. The largest absolute Gasteiger partial charge is 0.481 e. The van der Waals surface area contributed by atoms with Gasteiger partial charge in [-0.1, -0.05) is 18.2 Å². The van der Waals surface area contributed by atoms with E-state index >= 15 is 0 Å². The Hall–Kier alpha value is -2.38. The minimum atomic E-state index is -0.946. The molecule has 1 fully saturated rings. The molecule has 1 aromatic heterocycles. The van der Waals surface area contributed by atoms with Crippen molar-refractivity contribution >= 4 is 22.8 Å². The molecule has 24 heavy (non-hydrogen) atoms. The lowest BCUT2D eigenvalue weighted by Crippen LogP contribution is -2.46. The van der Waals surface area contributed by atoms with Crippen LogP contribution in [0.1, 0.15) is 22.5 Å². The molecule has 1 amide bonds. The van der Waals surface area contributed by atoms with Crippen molar-refractivity contribution in [2.75, 3.05) is 26.8 Å². The van der Waals surface area contributed by atoms with Gasteiger partial charge < -0.3 is 23.9 Å². The average Bonchev–Trinajstić information content (AvgIpc) is 2.93. The van der Waals surface area contributed by atoms with Gasteiger partial charge in [0.2, 0.25) is 0 Å². The molecule has 128 valence electrons. The second-order valence-corrected chi connectivity index (χ2v) is 5.68. The molecule has 0 saturated carbocycles. The number of carbonyl (C=O) groups excluding carboxylic acids is 1. The number of hydrogen-bond donors (Lipinski definition) is 1. The third kappa shape index (κ3) is 3.27. The summed E-state index contributed by atoms with van der Waals surface area (Å²) in [6.07, 6.45) is -0.634. The number of furan rings is 1. The van der Waals surface area contributed by atoms with Crippen LogP contribution < -0.4 is 0 Å². The van der Waals surface area contributed by atoms with Crippen LogP contribution in [0.15, 0.2) is 28.7 Å². The second kappa shape index (κ2) is 7.02. The van der Waals surface area contributed by atoms with E-state index in [1.54, 1.807) is 18.1 Å². The van der Waals surface area contributed by atoms with E-state index in [1.165, 1.54) is 0 Å². The van der Waals surface area contributed by atoms with Crippen LogP contribution in [0.2, 0.25) is 0 Å². The molecule has 1 unspecified atom stereocenters. The molecule has 3 rings (SSSR count). The zero-order valence-corrected chi connectivity index (χ0v) is 13.4. The first kappa shape index (κ1) is 16.5. The Kier molecular flexibility index (Phi) is 4.82. The van der Waals surface area contributed by atoms with Gasteiger partial charge in [0.25, 0.3) is 5.91 Å². The van der Waals surface area contributed by atoms with Crippen molar-refractivity contribution in [3.8, 4) is 0 Å². The molecule has 1 N–H and O–H groups in total. The number of para-hydroxylation sites is 1. The van der Waals surface area contributed by atoms with E-state index in [0.717, 1.165) is 5.39 Å². The van der Waals surface area contributed by atoms with Gasteiger partial charge in [0.1, 0.15) is 5.58 Å². The summed E-state index contributed by atoms with van der Waals surface area (Å²) in [6, 6.07) is 7.41. The first-order valence-electron chi connectivity index (χ1n) is 7.72. The number of carbonyl (C=O) groups is 2. The van der Waals surface area contributed by atoms with Crippen LogP contribution in [-0.2, 0) is 20.9 Å². The maximum atomic E-state index is 12.9. The smallest absolute Gasteiger partial charge is 0.306 e. The quantitative estimate of drug-likeness (QED) is 0.899. The van der Waals surface area contributed by atoms with E-state index in [9.17, 15) is 9.59 Å². The molecule has 2 aromatic rings. The van der Waals surface area contributed by atoms with Gasteiger partial charge in [0.15, 0.2) is 5.76 Å². The molecule has 1 aromatic carbocycles. The Morgan fingerprint density at radius 3 is 2.92 bits per heavy atom. The van der Waals surface area contributed by atoms with E-state index in [2.05, 4.69) is 0 Å². The fraction of sp³-hybridized carbons (Fsp3) is 0.412. The van der Waals surface area contributed by atoms with E-state index < -0.39 is 12.1 Å². The number of hydrogen-bond acceptors (Lipinski definition) is 5. The lowest BCUT2D eigenvalue weighted by molar-refractivity contribution is -0.141. The zero-order chi connectivity index (χ0) is 17.1. The predicted molar refractivity (Wildman–Crippen MR) is 84.8 cm³/mol. The maximum Gasteiger partial charge on any atom is 0.306 e. The lowest BCUT2D eigenvalue weighted by Gasteiger charge is -2.31. The standard InChI is InChI=1S/C17H19NO6/c1-22-10-13-12-4-2-3-5-14(12)24-16(13)17(21)18-6-7-23-11(9-18)8-15(19)20/h2-5,11H,6-10H2,1H3,(H,19,20). The van der Waals surface area contributed by atoms with Crippen LogP contribution in [0.3, 0.4) is 0 Å². The molecule has 0 bridgehead atoms. The number of carboxylic acid groups (broad SMARTS) is 1. The molecule has 1 saturated heterocycles. The van der Waals surface area contributed by atoms with Gasteiger partial charge in [-0.25, -0.2) is 0 Å². The maximum absolute atomic E-state index is 12.9. The summed E-state index contributed by atoms with van der Waals surface area (Å²) in [4.78, 5) is 25.3. The number of amides is 1. The zero-order valence-electron chi connectivity index (χ0n) is 13.4. The van der Waals surface area contributed by atoms with Gasteiger partial charge in [0.05, 0.1) is 25.7 Å². The normalized spacial score (nSPS) is 18.0. The van der Waals surface area contributed by atoms with Crippen molar-refractivity contribution in [3.63, 3.8) is 0 Å². The summed E-state index contributed by atoms with van der Waals surface area (Å²) in [7, 11) is 1.56. The van der Waals surface area contributed by atoms with E-state index in [4.69, 9.17) is 19.0 Å². The Morgan fingerprint density at radius 2 is 2.17 bits per heavy atom. The summed E-state index contributed by atoms with van der Waals surface area (Å²) in [6.45, 7) is 1.21. The van der Waals surface area contributed by atoms with Crippen LogP contribution in [-0.4, -0.2) is 54.8 Å². The number of nitrogens with zero attached hydrogens (tertiary/aromatic N) is 1. The third-order valence-corrected chi connectivity index (χ3v) is 4.01. The van der Waals surface area contributed by atoms with Crippen LogP contribution in [0.5, 0.6) is 0 Å². The average molecular weight is 333 g/mol. The molecule has 0 aliphatic carbocycles. The van der Waals surface area contributed by atoms with E-state index in [0.29, 0.717) is 24.3 Å². The fourth-order valence-corrected chi connectivity index (χ4v) is 2.92. The minimum absolute atomic E-state index is 0.130. The summed E-state index contributed by atoms with van der Waals surface area (Å²) >= 11 is 0. The van der Waals surface area contributed by atoms with Gasteiger partial charge in [-0.2, -0.15) is 0 Å². The van der Waals surface area contributed by atoms with Crippen LogP contribution in [0, 0.1) is 0 Å². The number of carboxylic acids is 1. The van der Waals surface area contributed by atoms with Crippen LogP contribution >= 0.6 is 0 Å². The number of rotatable bonds is 5. The van der Waals surface area contributed by atoms with Gasteiger partial charge >= 0.3 is 5.97 Å². The van der Waals surface area contributed by atoms with Crippen molar-refractivity contribution in [2.24, 2.45) is 0 Å². The minimum Gasteiger partial charge on any atom is -0.481 e. The van der Waals surface area contributed by atoms with Crippen molar-refractivity contribution in [3.05, 3.63) is 35.6 Å². The molecule has 0 radical (unpaired) electrons. The Labute approximate surface area is 138 Å². The fourth-order valence-electron chi connectivity index (χ4n) is 2.92. The molecule has 7 nitrogen and oxygen atoms in total. The lowest BCUT2D eigenvalue weighted by atomic mass is 10.1. The predicted octanol–water partition coefficient (Wildman–Crippen LogP) is 1.89. The summed E-state index contributed by atoms with van der Waals surface area (Å²) in [5, 5.41) is 9.74. The topological polar surface area (TPSA) is 89.2 Å². The molecule has 1 aliphatic heterocycles. The second-order valence-electron chi connectivity index (χ2n) is 5.68. The highest BCUT2D eigenvalue weighted by molar-refractivity contribution is 5.99. The number of aliphatic carboxylic acids is 1. The number of fused-ring (bicyclic) bond motifs is 1. The third-order valence-electron chi connectivity index (χ3n) is 4.01. The van der Waals surface area contributed by atoms with Crippen molar-refractivity contribution in [1.29, 1.82) is 0 Å². The van der Waals surface area contributed by atoms with Gasteiger partial charge in [-0.3, -0.25) is 9.59 Å². The van der Waals surface area contributed by atoms with Gasteiger partial charge in [-0.15, -0.1) is 0 Å². The Bertz CT molecular complexity index is 753. The summed E-state index contributed by atoms with van der Waals surface area (Å²) < 4.78 is 16.4. The number of methoxy groups -OCH3 is 1. The molecule has 1 atom stereocenters. The summed E-state index contributed by atoms with van der Waals surface area (Å²) in [5.41, 5.74) is 1.34. The highest BCUT2D eigenvalue weighted by Crippen LogP contribution is 2.28. The number of ether oxygens (including phenoxy) is 2. The first-order chi connectivity index (χ1) is 11.6. The Balaban J connectivity index is 1.87.